The molecule has 0 saturated heterocycles. The van der Waals surface area contributed by atoms with Crippen molar-refractivity contribution in [1.29, 1.82) is 0 Å². The maximum Gasteiger partial charge on any atom is 0.229 e. The van der Waals surface area contributed by atoms with E-state index < -0.39 is 0 Å². The van der Waals surface area contributed by atoms with Crippen LogP contribution in [0.4, 0.5) is 0 Å². The zero-order valence-electron chi connectivity index (χ0n) is 33.7. The van der Waals surface area contributed by atoms with E-state index in [1.165, 1.54) is 10.8 Å². The first kappa shape index (κ1) is 36.2. The summed E-state index contributed by atoms with van der Waals surface area (Å²) in [7, 11) is 0. The molecule has 0 amide bonds. The van der Waals surface area contributed by atoms with Gasteiger partial charge in [0.15, 0.2) is 28.9 Å². The molecule has 0 atom stereocenters. The molecule has 7 nitrogen and oxygen atoms in total. The standard InChI is InChI=1S/C56H34N6O/c1-4-12-35(13-5-1)36-20-24-40(25-21-36)54-60-53(39-16-8-3-9-17-39)61-55(62-54)41-26-22-37(23-27-41)47-33-48-50-51(63-56(48)57-34-47)49(58-52(59-50)38-14-6-2-7-15-38)45-29-28-44-30-42-18-10-11-19-43(42)31-46(44)32-45/h1-34H. The van der Waals surface area contributed by atoms with E-state index >= 15 is 0 Å². The van der Waals surface area contributed by atoms with Crippen LogP contribution in [0.5, 0.6) is 0 Å². The topological polar surface area (TPSA) is 90.5 Å². The minimum Gasteiger partial charge on any atom is -0.434 e. The lowest BCUT2D eigenvalue weighted by molar-refractivity contribution is 0.653. The summed E-state index contributed by atoms with van der Waals surface area (Å²) in [5.74, 6) is 2.43. The van der Waals surface area contributed by atoms with Crippen LogP contribution in [0.25, 0.3) is 123 Å². The summed E-state index contributed by atoms with van der Waals surface area (Å²) in [6, 6.07) is 68.5. The lowest BCUT2D eigenvalue weighted by Gasteiger charge is -2.10. The molecule has 0 spiro atoms. The SMILES string of the molecule is c1ccc(-c2ccc(-c3nc(-c4ccccc4)nc(-c4ccc(-c5cnc6oc7c(-c8ccc9cc%10ccccc%10cc9c8)nc(-c8ccccc8)nc7c6c5)cc4)n3)cc2)cc1. The van der Waals surface area contributed by atoms with Crippen molar-refractivity contribution in [3.8, 4) is 79.1 Å². The second-order valence-electron chi connectivity index (χ2n) is 15.6. The number of pyridine rings is 1. The second kappa shape index (κ2) is 15.1. The number of aromatic nitrogens is 6. The van der Waals surface area contributed by atoms with Crippen molar-refractivity contribution in [3.05, 3.63) is 206 Å². The molecule has 0 aliphatic carbocycles. The average Bonchev–Trinajstić information content (AvgIpc) is 3.74. The molecule has 4 aromatic heterocycles. The summed E-state index contributed by atoms with van der Waals surface area (Å²) in [6.07, 6.45) is 1.85. The van der Waals surface area contributed by atoms with Crippen molar-refractivity contribution in [2.45, 2.75) is 0 Å². The Kier molecular flexibility index (Phi) is 8.67. The Bertz CT molecular complexity index is 3650. The fourth-order valence-corrected chi connectivity index (χ4v) is 8.29. The Balaban J connectivity index is 0.935. The number of furan rings is 1. The molecule has 0 bridgehead atoms. The highest BCUT2D eigenvalue weighted by Crippen LogP contribution is 2.38. The highest BCUT2D eigenvalue weighted by Gasteiger charge is 2.20. The van der Waals surface area contributed by atoms with Crippen molar-refractivity contribution in [3.63, 3.8) is 0 Å². The molecular formula is C56H34N6O. The van der Waals surface area contributed by atoms with Gasteiger partial charge in [-0.25, -0.2) is 29.9 Å². The summed E-state index contributed by atoms with van der Waals surface area (Å²) in [5, 5.41) is 5.50. The quantitative estimate of drug-likeness (QED) is 0.148. The first-order valence-electron chi connectivity index (χ1n) is 20.8. The van der Waals surface area contributed by atoms with Gasteiger partial charge in [0.05, 0.1) is 5.39 Å². The van der Waals surface area contributed by atoms with Gasteiger partial charge in [0.25, 0.3) is 0 Å². The average molecular weight is 807 g/mol. The Morgan fingerprint density at radius 1 is 0.302 bits per heavy atom. The molecule has 0 aliphatic rings. The Labute approximate surface area is 362 Å². The third-order valence-corrected chi connectivity index (χ3v) is 11.6. The maximum absolute atomic E-state index is 6.54. The van der Waals surface area contributed by atoms with Gasteiger partial charge in [0, 0.05) is 39.6 Å². The Hall–Kier alpha value is -8.68. The first-order chi connectivity index (χ1) is 31.2. The normalized spacial score (nSPS) is 11.5. The third kappa shape index (κ3) is 6.74. The van der Waals surface area contributed by atoms with Gasteiger partial charge in [0.2, 0.25) is 5.71 Å². The largest absolute Gasteiger partial charge is 0.434 e. The van der Waals surface area contributed by atoms with Crippen LogP contribution in [0.1, 0.15) is 0 Å². The van der Waals surface area contributed by atoms with E-state index in [4.69, 9.17) is 34.3 Å². The number of fused-ring (bicyclic) bond motifs is 5. The van der Waals surface area contributed by atoms with Gasteiger partial charge >= 0.3 is 0 Å². The lowest BCUT2D eigenvalue weighted by Crippen LogP contribution is -2.00. The maximum atomic E-state index is 6.54. The molecule has 63 heavy (non-hydrogen) atoms. The van der Waals surface area contributed by atoms with Gasteiger partial charge < -0.3 is 4.42 Å². The van der Waals surface area contributed by atoms with Crippen LogP contribution in [-0.4, -0.2) is 29.9 Å². The van der Waals surface area contributed by atoms with Crippen LogP contribution in [0.15, 0.2) is 211 Å². The van der Waals surface area contributed by atoms with Crippen LogP contribution in [-0.2, 0) is 0 Å². The smallest absolute Gasteiger partial charge is 0.229 e. The van der Waals surface area contributed by atoms with E-state index in [9.17, 15) is 0 Å². The van der Waals surface area contributed by atoms with Gasteiger partial charge in [-0.15, -0.1) is 0 Å². The predicted octanol–water partition coefficient (Wildman–Crippen LogP) is 13.9. The molecule has 0 radical (unpaired) electrons. The molecule has 12 rings (SSSR count). The highest BCUT2D eigenvalue weighted by atomic mass is 16.3. The summed E-state index contributed by atoms with van der Waals surface area (Å²) >= 11 is 0. The predicted molar refractivity (Wildman–Crippen MR) is 254 cm³/mol. The molecular weight excluding hydrogens is 773 g/mol. The fraction of sp³-hybridized carbons (Fsp3) is 0. The molecule has 0 aliphatic heterocycles. The minimum atomic E-state index is 0.501. The van der Waals surface area contributed by atoms with Gasteiger partial charge in [-0.2, -0.15) is 0 Å². The molecule has 294 valence electrons. The molecule has 4 heterocycles. The molecule has 0 saturated carbocycles. The molecule has 0 N–H and O–H groups in total. The molecule has 12 aromatic rings. The van der Waals surface area contributed by atoms with E-state index in [0.29, 0.717) is 40.1 Å². The van der Waals surface area contributed by atoms with E-state index in [-0.39, 0.29) is 0 Å². The highest BCUT2D eigenvalue weighted by molar-refractivity contribution is 6.08. The number of benzene rings is 8. The van der Waals surface area contributed by atoms with Crippen molar-refractivity contribution < 1.29 is 4.42 Å². The summed E-state index contributed by atoms with van der Waals surface area (Å²) in [5.41, 5.74) is 11.3. The van der Waals surface area contributed by atoms with Crippen molar-refractivity contribution in [2.75, 3.05) is 0 Å². The van der Waals surface area contributed by atoms with Gasteiger partial charge in [-0.3, -0.25) is 0 Å². The van der Waals surface area contributed by atoms with Crippen molar-refractivity contribution in [1.82, 2.24) is 29.9 Å². The van der Waals surface area contributed by atoms with E-state index in [1.54, 1.807) is 0 Å². The number of hydrogen-bond acceptors (Lipinski definition) is 7. The van der Waals surface area contributed by atoms with E-state index in [2.05, 4.69) is 121 Å². The lowest BCUT2D eigenvalue weighted by atomic mass is 10.00. The monoisotopic (exact) mass is 806 g/mol. The van der Waals surface area contributed by atoms with Crippen molar-refractivity contribution in [2.24, 2.45) is 0 Å². The number of rotatable bonds is 7. The zero-order chi connectivity index (χ0) is 41.7. The molecule has 7 heteroatoms. The van der Waals surface area contributed by atoms with E-state index in [0.717, 1.165) is 71.9 Å². The van der Waals surface area contributed by atoms with Gasteiger partial charge in [0.1, 0.15) is 11.2 Å². The molecule has 8 aromatic carbocycles. The number of hydrogen-bond donors (Lipinski definition) is 0. The summed E-state index contributed by atoms with van der Waals surface area (Å²) in [6.45, 7) is 0. The second-order valence-corrected chi connectivity index (χ2v) is 15.6. The van der Waals surface area contributed by atoms with Crippen LogP contribution in [0, 0.1) is 0 Å². The Morgan fingerprint density at radius 3 is 1.32 bits per heavy atom. The summed E-state index contributed by atoms with van der Waals surface area (Å²) < 4.78 is 6.54. The Morgan fingerprint density at radius 2 is 0.730 bits per heavy atom. The minimum absolute atomic E-state index is 0.501. The summed E-state index contributed by atoms with van der Waals surface area (Å²) in [4.78, 5) is 30.0. The zero-order valence-corrected chi connectivity index (χ0v) is 33.7. The van der Waals surface area contributed by atoms with Crippen LogP contribution >= 0.6 is 0 Å². The molecule has 0 unspecified atom stereocenters. The van der Waals surface area contributed by atoms with Crippen LogP contribution < -0.4 is 0 Å². The first-order valence-corrected chi connectivity index (χ1v) is 20.8. The molecule has 0 fully saturated rings. The van der Waals surface area contributed by atoms with Crippen molar-refractivity contribution >= 4 is 43.7 Å². The van der Waals surface area contributed by atoms with E-state index in [1.807, 2.05) is 85.1 Å². The van der Waals surface area contributed by atoms with Crippen LogP contribution in [0.2, 0.25) is 0 Å². The van der Waals surface area contributed by atoms with Gasteiger partial charge in [-0.1, -0.05) is 176 Å². The van der Waals surface area contributed by atoms with Gasteiger partial charge in [-0.05, 0) is 62.5 Å². The fourth-order valence-electron chi connectivity index (χ4n) is 8.29. The third-order valence-electron chi connectivity index (χ3n) is 11.6. The number of nitrogens with zero attached hydrogens (tertiary/aromatic N) is 6. The van der Waals surface area contributed by atoms with Crippen LogP contribution in [0.3, 0.4) is 0 Å².